The lowest BCUT2D eigenvalue weighted by molar-refractivity contribution is 0.775. The maximum absolute atomic E-state index is 5.32. The van der Waals surface area contributed by atoms with Gasteiger partial charge in [0.15, 0.2) is 34.9 Å². The van der Waals surface area contributed by atoms with Crippen molar-refractivity contribution in [2.75, 3.05) is 0 Å². The van der Waals surface area contributed by atoms with E-state index in [-0.39, 0.29) is 0 Å². The van der Waals surface area contributed by atoms with E-state index in [2.05, 4.69) is 360 Å². The normalized spacial score (nSPS) is 12.7. The predicted molar refractivity (Wildman–Crippen MR) is 489 cm³/mol. The Morgan fingerprint density at radius 2 is 0.377 bits per heavy atom. The van der Waals surface area contributed by atoms with Gasteiger partial charge in [0.25, 0.3) is 0 Å². The number of fused-ring (bicyclic) bond motifs is 24. The summed E-state index contributed by atoms with van der Waals surface area (Å²) in [6.45, 7) is 0. The maximum atomic E-state index is 5.32. The van der Waals surface area contributed by atoms with Crippen LogP contribution >= 0.6 is 0 Å². The second-order valence-electron chi connectivity index (χ2n) is 31.3. The molecule has 122 heavy (non-hydrogen) atoms. The number of rotatable bonds is 10. The lowest BCUT2D eigenvalue weighted by Gasteiger charge is -2.35. The quantitative estimate of drug-likeness (QED) is 0.130. The number of hydrogen-bond donors (Lipinski definition) is 0. The summed E-state index contributed by atoms with van der Waals surface area (Å²) < 4.78 is 0. The van der Waals surface area contributed by atoms with E-state index in [1.807, 2.05) is 73.6 Å². The van der Waals surface area contributed by atoms with Crippen LogP contribution in [0.15, 0.2) is 426 Å². The first-order valence-electron chi connectivity index (χ1n) is 41.1. The topological polar surface area (TPSA) is 129 Å². The van der Waals surface area contributed by atoms with Crippen LogP contribution in [0.25, 0.3) is 180 Å². The smallest absolute Gasteiger partial charge is 0.164 e. The van der Waals surface area contributed by atoms with E-state index >= 15 is 0 Å². The second kappa shape index (κ2) is 29.4. The molecule has 568 valence electrons. The summed E-state index contributed by atoms with van der Waals surface area (Å²) in [6.07, 6.45) is 14.6. The molecule has 2 spiro atoms. The number of nitrogens with zero attached hydrogens (tertiary/aromatic N) is 10. The predicted octanol–water partition coefficient (Wildman–Crippen LogP) is 26.0. The molecule has 0 radical (unpaired) electrons. The first-order chi connectivity index (χ1) is 60.5. The Bertz CT molecular complexity index is 7200. The number of pyridine rings is 4. The first kappa shape index (κ1) is 71.1. The minimum atomic E-state index is -0.621. The average molecular weight is 1560 g/mol. The SMILES string of the molecule is c1cncc(-c2cccc(-c3nc(-c4cccc(-c5ccncc5)c4)nc(-c4ccc5c(c4)-c4ccccc4C54c5ccccc5-c5ccccc5-c5ccccc54)n3)c2)c1.c1cncc(-c2cccc(-c3nc(-c4cccc(-c5ccncc5)c4)nc(-c4ccc5c(c4)C4(c6ccccc6-c6ccccc6-c6ccccc64)c4ccccc4-5)n3)c2)c1. The van der Waals surface area contributed by atoms with Gasteiger partial charge in [0.1, 0.15) is 0 Å². The molecule has 10 nitrogen and oxygen atoms in total. The summed E-state index contributed by atoms with van der Waals surface area (Å²) in [6, 6.07) is 135. The van der Waals surface area contributed by atoms with Gasteiger partial charge in [0.05, 0.1) is 10.8 Å². The van der Waals surface area contributed by atoms with Gasteiger partial charge in [0.2, 0.25) is 0 Å². The molecule has 0 N–H and O–H groups in total. The minimum absolute atomic E-state index is 0.563. The highest BCUT2D eigenvalue weighted by atomic mass is 15.0. The van der Waals surface area contributed by atoms with Crippen LogP contribution in [0.3, 0.4) is 0 Å². The number of benzene rings is 14. The molecular formula is C112H70N10. The summed E-state index contributed by atoms with van der Waals surface area (Å²) in [5, 5.41) is 0. The van der Waals surface area contributed by atoms with E-state index in [1.165, 1.54) is 111 Å². The molecule has 0 fully saturated rings. The van der Waals surface area contributed by atoms with Crippen molar-refractivity contribution in [1.29, 1.82) is 0 Å². The molecule has 0 saturated heterocycles. The number of hydrogen-bond acceptors (Lipinski definition) is 10. The summed E-state index contributed by atoms with van der Waals surface area (Å²) in [5.41, 5.74) is 37.5. The zero-order chi connectivity index (χ0) is 80.7. The van der Waals surface area contributed by atoms with Gasteiger partial charge in [-0.2, -0.15) is 0 Å². The Morgan fingerprint density at radius 3 is 0.713 bits per heavy atom. The lowest BCUT2D eigenvalue weighted by Crippen LogP contribution is -2.29. The van der Waals surface area contributed by atoms with Crippen LogP contribution in [0.2, 0.25) is 0 Å². The fourth-order valence-corrected chi connectivity index (χ4v) is 19.4. The van der Waals surface area contributed by atoms with Crippen LogP contribution in [0, 0.1) is 0 Å². The van der Waals surface area contributed by atoms with E-state index in [4.69, 9.17) is 29.9 Å². The molecule has 0 atom stereocenters. The van der Waals surface area contributed by atoms with Gasteiger partial charge in [-0.25, -0.2) is 29.9 Å². The fourth-order valence-electron chi connectivity index (χ4n) is 19.4. The van der Waals surface area contributed by atoms with E-state index in [1.54, 1.807) is 12.4 Å². The highest BCUT2D eigenvalue weighted by molar-refractivity contribution is 6.00. The zero-order valence-corrected chi connectivity index (χ0v) is 65.9. The highest BCUT2D eigenvalue weighted by Crippen LogP contribution is 2.64. The van der Waals surface area contributed by atoms with Crippen molar-refractivity contribution in [3.05, 3.63) is 470 Å². The van der Waals surface area contributed by atoms with Gasteiger partial charge in [-0.05, 0) is 217 Å². The summed E-state index contributed by atoms with van der Waals surface area (Å²) in [7, 11) is 0. The molecular weight excluding hydrogens is 1490 g/mol. The Morgan fingerprint density at radius 1 is 0.131 bits per heavy atom. The van der Waals surface area contributed by atoms with Crippen LogP contribution in [0.1, 0.15) is 44.5 Å². The van der Waals surface area contributed by atoms with E-state index in [9.17, 15) is 0 Å². The van der Waals surface area contributed by atoms with Crippen molar-refractivity contribution in [2.24, 2.45) is 0 Å². The molecule has 10 heteroatoms. The van der Waals surface area contributed by atoms with Crippen molar-refractivity contribution in [1.82, 2.24) is 49.8 Å². The molecule has 0 aliphatic heterocycles. The molecule has 6 heterocycles. The molecule has 0 saturated carbocycles. The number of aromatic nitrogens is 10. The largest absolute Gasteiger partial charge is 0.265 e. The van der Waals surface area contributed by atoms with E-state index in [0.29, 0.717) is 34.9 Å². The molecule has 6 aromatic heterocycles. The molecule has 14 aromatic carbocycles. The third kappa shape index (κ3) is 11.7. The Balaban J connectivity index is 0.000000142. The Labute approximate surface area is 705 Å². The molecule has 0 bridgehead atoms. The monoisotopic (exact) mass is 1550 g/mol. The van der Waals surface area contributed by atoms with Crippen molar-refractivity contribution >= 4 is 0 Å². The summed E-state index contributed by atoms with van der Waals surface area (Å²) in [5.74, 6) is 3.61. The van der Waals surface area contributed by atoms with Gasteiger partial charge >= 0.3 is 0 Å². The molecule has 0 amide bonds. The molecule has 0 unspecified atom stereocenters. The minimum Gasteiger partial charge on any atom is -0.265 e. The highest BCUT2D eigenvalue weighted by Gasteiger charge is 2.52. The maximum Gasteiger partial charge on any atom is 0.164 e. The lowest BCUT2D eigenvalue weighted by atomic mass is 9.66. The van der Waals surface area contributed by atoms with Gasteiger partial charge in [-0.15, -0.1) is 0 Å². The van der Waals surface area contributed by atoms with E-state index in [0.717, 1.165) is 77.9 Å². The Hall–Kier alpha value is -16.3. The van der Waals surface area contributed by atoms with E-state index < -0.39 is 10.8 Å². The standard InChI is InChI=1S/2C56H35N5/c1-2-18-44-43(17-1)45-19-3-6-22-49(45)56(50-23-7-4-20-46(44)50)51-24-8-5-21-47(51)48-34-41(25-26-52(48)56)55-60-53(39-14-9-12-37(32-39)36-27-30-57-31-28-36)59-54(61-55)40-15-10-13-38(33-40)42-16-11-29-58-35-42;1-2-18-44-43(17-1)45-19-3-6-22-49(45)56(50-23-7-4-20-46(44)50)51-24-8-5-21-47(51)48-26-25-41(34-52(48)56)55-60-53(39-14-9-12-37(32-39)36-27-30-57-31-28-36)59-54(61-55)40-15-10-13-38(33-40)42-16-11-29-58-35-42/h2*1-35H. The molecule has 4 aliphatic rings. The van der Waals surface area contributed by atoms with Gasteiger partial charge < -0.3 is 0 Å². The average Bonchev–Trinajstić information content (AvgIpc) is 1.52. The van der Waals surface area contributed by atoms with Crippen molar-refractivity contribution in [3.8, 4) is 180 Å². The van der Waals surface area contributed by atoms with Crippen LogP contribution < -0.4 is 0 Å². The molecule has 24 rings (SSSR count). The first-order valence-corrected chi connectivity index (χ1v) is 41.1. The molecule has 20 aromatic rings. The fraction of sp³-hybridized carbons (Fsp3) is 0.0179. The second-order valence-corrected chi connectivity index (χ2v) is 31.3. The zero-order valence-electron chi connectivity index (χ0n) is 65.9. The molecule has 4 aliphatic carbocycles. The van der Waals surface area contributed by atoms with Crippen molar-refractivity contribution in [2.45, 2.75) is 10.8 Å². The van der Waals surface area contributed by atoms with Crippen LogP contribution in [-0.4, -0.2) is 49.8 Å². The van der Waals surface area contributed by atoms with Gasteiger partial charge in [-0.3, -0.25) is 19.9 Å². The van der Waals surface area contributed by atoms with Crippen molar-refractivity contribution in [3.63, 3.8) is 0 Å². The Kier molecular flexibility index (Phi) is 17.1. The van der Waals surface area contributed by atoms with Crippen LogP contribution in [-0.2, 0) is 10.8 Å². The summed E-state index contributed by atoms with van der Waals surface area (Å²) in [4.78, 5) is 48.8. The van der Waals surface area contributed by atoms with Crippen LogP contribution in [0.4, 0.5) is 0 Å². The van der Waals surface area contributed by atoms with Gasteiger partial charge in [0, 0.05) is 94.1 Å². The van der Waals surface area contributed by atoms with Gasteiger partial charge in [-0.1, -0.05) is 303 Å². The summed E-state index contributed by atoms with van der Waals surface area (Å²) >= 11 is 0. The van der Waals surface area contributed by atoms with Crippen molar-refractivity contribution < 1.29 is 0 Å². The van der Waals surface area contributed by atoms with Crippen LogP contribution in [0.5, 0.6) is 0 Å². The third-order valence-corrected chi connectivity index (χ3v) is 24.7. The third-order valence-electron chi connectivity index (χ3n) is 24.7.